The van der Waals surface area contributed by atoms with Gasteiger partial charge >= 0.3 is 0 Å². The third kappa shape index (κ3) is 5.90. The monoisotopic (exact) mass is 388 g/mol. The Balaban J connectivity index is 1.70. The third-order valence-electron chi connectivity index (χ3n) is 5.34. The normalized spacial score (nSPS) is 11.0. The molecule has 0 aliphatic heterocycles. The number of carbonyl (C=O) groups excluding carboxylic acids is 1. The van der Waals surface area contributed by atoms with Crippen molar-refractivity contribution in [2.45, 2.75) is 58.8 Å². The lowest BCUT2D eigenvalue weighted by atomic mass is 10.0. The minimum absolute atomic E-state index is 0.0107. The average molecular weight is 389 g/mol. The highest BCUT2D eigenvalue weighted by Gasteiger charge is 2.13. The number of hydrogen-bond acceptors (Lipinski definition) is 2. The Labute approximate surface area is 174 Å². The first-order valence-corrected chi connectivity index (χ1v) is 10.9. The molecule has 1 aromatic heterocycles. The molecule has 1 amide bonds. The molecule has 3 nitrogen and oxygen atoms in total. The first-order valence-electron chi connectivity index (χ1n) is 10.9. The molecule has 2 aromatic carbocycles. The van der Waals surface area contributed by atoms with Gasteiger partial charge in [-0.2, -0.15) is 0 Å². The van der Waals surface area contributed by atoms with Crippen LogP contribution in [0.3, 0.4) is 0 Å². The van der Waals surface area contributed by atoms with Crippen LogP contribution in [0.5, 0.6) is 0 Å². The second-order valence-electron chi connectivity index (χ2n) is 7.82. The molecule has 0 atom stereocenters. The molecule has 1 heterocycles. The number of nitrogens with zero attached hydrogens (tertiary/aromatic N) is 1. The smallest absolute Gasteiger partial charge is 0.252 e. The molecule has 0 saturated carbocycles. The number of benzene rings is 2. The fraction of sp³-hybridized carbons (Fsp3) is 0.385. The van der Waals surface area contributed by atoms with Gasteiger partial charge in [0.05, 0.1) is 16.8 Å². The van der Waals surface area contributed by atoms with Crippen molar-refractivity contribution in [3.8, 4) is 11.3 Å². The molecule has 3 aromatic rings. The number of nitrogens with one attached hydrogen (secondary N) is 1. The molecule has 0 aliphatic carbocycles. The Hall–Kier alpha value is -2.68. The summed E-state index contributed by atoms with van der Waals surface area (Å²) in [6, 6.07) is 18.1. The van der Waals surface area contributed by atoms with E-state index in [1.165, 1.54) is 44.1 Å². The molecule has 0 radical (unpaired) electrons. The lowest BCUT2D eigenvalue weighted by molar-refractivity contribution is 0.0954. The highest BCUT2D eigenvalue weighted by Crippen LogP contribution is 2.25. The number of carbonyl (C=O) groups is 1. The van der Waals surface area contributed by atoms with Crippen molar-refractivity contribution in [1.29, 1.82) is 0 Å². The molecule has 0 bridgehead atoms. The number of unbranched alkanes of at least 4 members (excludes halogenated alkanes) is 6. The Morgan fingerprint density at radius 1 is 0.897 bits per heavy atom. The van der Waals surface area contributed by atoms with Crippen molar-refractivity contribution in [2.75, 3.05) is 6.54 Å². The van der Waals surface area contributed by atoms with E-state index in [-0.39, 0.29) is 5.91 Å². The second kappa shape index (κ2) is 10.8. The summed E-state index contributed by atoms with van der Waals surface area (Å²) < 4.78 is 0. The van der Waals surface area contributed by atoms with Crippen LogP contribution in [-0.4, -0.2) is 17.4 Å². The van der Waals surface area contributed by atoms with Gasteiger partial charge in [-0.05, 0) is 31.5 Å². The van der Waals surface area contributed by atoms with Gasteiger partial charge in [-0.1, -0.05) is 87.4 Å². The number of para-hydroxylation sites is 1. The summed E-state index contributed by atoms with van der Waals surface area (Å²) in [7, 11) is 0. The topological polar surface area (TPSA) is 42.0 Å². The van der Waals surface area contributed by atoms with E-state index in [2.05, 4.69) is 31.3 Å². The largest absolute Gasteiger partial charge is 0.352 e. The first kappa shape index (κ1) is 21.0. The second-order valence-corrected chi connectivity index (χ2v) is 7.82. The zero-order valence-electron chi connectivity index (χ0n) is 17.7. The third-order valence-corrected chi connectivity index (χ3v) is 5.34. The van der Waals surface area contributed by atoms with Gasteiger partial charge in [0, 0.05) is 17.5 Å². The first-order chi connectivity index (χ1) is 14.2. The average Bonchev–Trinajstić information content (AvgIpc) is 2.74. The summed E-state index contributed by atoms with van der Waals surface area (Å²) in [5.41, 5.74) is 4.62. The van der Waals surface area contributed by atoms with Gasteiger partial charge in [-0.15, -0.1) is 0 Å². The van der Waals surface area contributed by atoms with Crippen LogP contribution in [0.15, 0.2) is 54.6 Å². The summed E-state index contributed by atoms with van der Waals surface area (Å²) in [6.45, 7) is 5.03. The van der Waals surface area contributed by atoms with Crippen LogP contribution in [0, 0.1) is 6.92 Å². The molecule has 0 unspecified atom stereocenters. The van der Waals surface area contributed by atoms with Gasteiger partial charge in [-0.25, -0.2) is 4.98 Å². The van der Waals surface area contributed by atoms with Crippen LogP contribution in [0.25, 0.3) is 22.2 Å². The van der Waals surface area contributed by atoms with Gasteiger partial charge < -0.3 is 5.32 Å². The van der Waals surface area contributed by atoms with Gasteiger partial charge in [0.1, 0.15) is 0 Å². The van der Waals surface area contributed by atoms with Crippen LogP contribution in [-0.2, 0) is 0 Å². The molecule has 0 fully saturated rings. The summed E-state index contributed by atoms with van der Waals surface area (Å²) >= 11 is 0. The van der Waals surface area contributed by atoms with Crippen LogP contribution in [0.4, 0.5) is 0 Å². The zero-order valence-corrected chi connectivity index (χ0v) is 17.7. The molecule has 0 saturated heterocycles. The number of fused-ring (bicyclic) bond motifs is 1. The number of amides is 1. The van der Waals surface area contributed by atoms with Crippen LogP contribution in [0.1, 0.15) is 67.8 Å². The van der Waals surface area contributed by atoms with Crippen LogP contribution >= 0.6 is 0 Å². The van der Waals surface area contributed by atoms with E-state index < -0.39 is 0 Å². The molecule has 0 aliphatic rings. The molecule has 3 heteroatoms. The summed E-state index contributed by atoms with van der Waals surface area (Å²) in [6.07, 6.45) is 8.70. The lowest BCUT2D eigenvalue weighted by Crippen LogP contribution is -2.24. The van der Waals surface area contributed by atoms with Crippen molar-refractivity contribution in [3.05, 3.63) is 65.7 Å². The minimum Gasteiger partial charge on any atom is -0.352 e. The SMILES string of the molecule is CCCCCCCCCNC(=O)c1cc(-c2cccc(C)c2)nc2ccccc12. The van der Waals surface area contributed by atoms with Crippen molar-refractivity contribution in [3.63, 3.8) is 0 Å². The maximum atomic E-state index is 12.9. The maximum absolute atomic E-state index is 12.9. The predicted octanol–water partition coefficient (Wildman–Crippen LogP) is 6.69. The van der Waals surface area contributed by atoms with Crippen molar-refractivity contribution >= 4 is 16.8 Å². The minimum atomic E-state index is -0.0107. The number of aromatic nitrogens is 1. The molecular formula is C26H32N2O. The fourth-order valence-corrected chi connectivity index (χ4v) is 3.69. The lowest BCUT2D eigenvalue weighted by Gasteiger charge is -2.11. The van der Waals surface area contributed by atoms with Crippen molar-refractivity contribution in [1.82, 2.24) is 10.3 Å². The molecule has 0 spiro atoms. The van der Waals surface area contributed by atoms with Gasteiger partial charge in [0.15, 0.2) is 0 Å². The van der Waals surface area contributed by atoms with Gasteiger partial charge in [-0.3, -0.25) is 4.79 Å². The quantitative estimate of drug-likeness (QED) is 0.393. The number of hydrogen-bond donors (Lipinski definition) is 1. The standard InChI is InChI=1S/C26H32N2O/c1-3-4-5-6-7-8-11-17-27-26(29)23-19-25(21-14-12-13-20(2)18-21)28-24-16-10-9-15-22(23)24/h9-10,12-16,18-19H,3-8,11,17H2,1-2H3,(H,27,29). The van der Waals surface area contributed by atoms with E-state index >= 15 is 0 Å². The fourth-order valence-electron chi connectivity index (χ4n) is 3.69. The van der Waals surface area contributed by atoms with E-state index in [0.717, 1.165) is 35.1 Å². The molecule has 152 valence electrons. The van der Waals surface area contributed by atoms with Crippen LogP contribution < -0.4 is 5.32 Å². The van der Waals surface area contributed by atoms with Crippen molar-refractivity contribution in [2.24, 2.45) is 0 Å². The summed E-state index contributed by atoms with van der Waals surface area (Å²) in [5.74, 6) is -0.0107. The van der Waals surface area contributed by atoms with E-state index in [1.807, 2.05) is 42.5 Å². The highest BCUT2D eigenvalue weighted by atomic mass is 16.1. The Morgan fingerprint density at radius 2 is 1.66 bits per heavy atom. The van der Waals surface area contributed by atoms with Crippen LogP contribution in [0.2, 0.25) is 0 Å². The van der Waals surface area contributed by atoms with Gasteiger partial charge in [0.25, 0.3) is 5.91 Å². The molecular weight excluding hydrogens is 356 g/mol. The summed E-state index contributed by atoms with van der Waals surface area (Å²) in [4.78, 5) is 17.7. The van der Waals surface area contributed by atoms with E-state index in [9.17, 15) is 4.79 Å². The van der Waals surface area contributed by atoms with E-state index in [4.69, 9.17) is 4.98 Å². The Bertz CT molecular complexity index is 948. The summed E-state index contributed by atoms with van der Waals surface area (Å²) in [5, 5.41) is 4.02. The van der Waals surface area contributed by atoms with E-state index in [0.29, 0.717) is 5.56 Å². The highest BCUT2D eigenvalue weighted by molar-refractivity contribution is 6.07. The maximum Gasteiger partial charge on any atom is 0.252 e. The Kier molecular flexibility index (Phi) is 7.80. The predicted molar refractivity (Wildman–Crippen MR) is 122 cm³/mol. The zero-order chi connectivity index (χ0) is 20.5. The number of pyridine rings is 1. The van der Waals surface area contributed by atoms with Gasteiger partial charge in [0.2, 0.25) is 0 Å². The van der Waals surface area contributed by atoms with Crippen molar-refractivity contribution < 1.29 is 4.79 Å². The number of rotatable bonds is 10. The molecule has 1 N–H and O–H groups in total. The molecule has 29 heavy (non-hydrogen) atoms. The van der Waals surface area contributed by atoms with E-state index in [1.54, 1.807) is 0 Å². The molecule has 3 rings (SSSR count). The number of aryl methyl sites for hydroxylation is 1. The Morgan fingerprint density at radius 3 is 2.45 bits per heavy atom.